The fourth-order valence-electron chi connectivity index (χ4n) is 1.30. The molecule has 0 bridgehead atoms. The predicted octanol–water partition coefficient (Wildman–Crippen LogP) is 1.75. The molecule has 0 saturated heterocycles. The molecule has 0 amide bonds. The van der Waals surface area contributed by atoms with Crippen LogP contribution >= 0.6 is 0 Å². The van der Waals surface area contributed by atoms with E-state index in [0.29, 0.717) is 0 Å². The molecule has 0 unspecified atom stereocenters. The summed E-state index contributed by atoms with van der Waals surface area (Å²) in [5.41, 5.74) is 8.71. The molecule has 0 aliphatic carbocycles. The molecule has 0 saturated carbocycles. The molecular weight excluding hydrogens is 186 g/mol. The number of anilines is 1. The summed E-state index contributed by atoms with van der Waals surface area (Å²) in [5, 5.41) is 0. The number of nitrogens with two attached hydrogens (primary N) is 1. The first-order chi connectivity index (χ1) is 7.19. The number of hydrogen-bond donors (Lipinski definition) is 1. The van der Waals surface area contributed by atoms with E-state index in [4.69, 9.17) is 5.73 Å². The van der Waals surface area contributed by atoms with Gasteiger partial charge in [-0.05, 0) is 17.7 Å². The van der Waals surface area contributed by atoms with Gasteiger partial charge in [-0.2, -0.15) is 0 Å². The molecule has 80 valence electrons. The highest BCUT2D eigenvalue weighted by molar-refractivity contribution is 6.09. The number of nitrogens with zero attached hydrogens (tertiary/aromatic N) is 2. The third-order valence-electron chi connectivity index (χ3n) is 2.16. The highest BCUT2D eigenvalue weighted by Gasteiger charge is 1.99. The van der Waals surface area contributed by atoms with Gasteiger partial charge in [0, 0.05) is 44.8 Å². The van der Waals surface area contributed by atoms with E-state index in [0.717, 1.165) is 11.1 Å². The van der Waals surface area contributed by atoms with Crippen LogP contribution in [0.25, 0.3) is 5.57 Å². The average Bonchev–Trinajstić information content (AvgIpc) is 2.26. The Kier molecular flexibility index (Phi) is 3.92. The molecule has 3 nitrogen and oxygen atoms in total. The lowest BCUT2D eigenvalue weighted by Gasteiger charge is -2.12. The van der Waals surface area contributed by atoms with E-state index < -0.39 is 0 Å². The zero-order valence-electron chi connectivity index (χ0n) is 9.44. The molecule has 15 heavy (non-hydrogen) atoms. The van der Waals surface area contributed by atoms with Crippen LogP contribution in [0, 0.1) is 0 Å². The topological polar surface area (TPSA) is 41.6 Å². The van der Waals surface area contributed by atoms with Gasteiger partial charge in [0.05, 0.1) is 0 Å². The second-order valence-corrected chi connectivity index (χ2v) is 3.45. The van der Waals surface area contributed by atoms with Crippen LogP contribution in [-0.2, 0) is 0 Å². The quantitative estimate of drug-likeness (QED) is 0.760. The fourth-order valence-corrected chi connectivity index (χ4v) is 1.30. The van der Waals surface area contributed by atoms with Gasteiger partial charge >= 0.3 is 0 Å². The summed E-state index contributed by atoms with van der Waals surface area (Å²) in [4.78, 5) is 6.02. The maximum atomic E-state index is 5.53. The van der Waals surface area contributed by atoms with Crippen LogP contribution in [0.4, 0.5) is 5.69 Å². The van der Waals surface area contributed by atoms with Crippen molar-refractivity contribution in [3.8, 4) is 0 Å². The van der Waals surface area contributed by atoms with Crippen molar-refractivity contribution in [2.75, 3.05) is 26.0 Å². The molecule has 1 aromatic rings. The first-order valence-electron chi connectivity index (χ1n) is 4.81. The number of benzene rings is 1. The van der Waals surface area contributed by atoms with Crippen molar-refractivity contribution < 1.29 is 0 Å². The lowest BCUT2D eigenvalue weighted by atomic mass is 10.1. The Bertz CT molecular complexity index is 361. The van der Waals surface area contributed by atoms with Crippen LogP contribution in [0.5, 0.6) is 0 Å². The zero-order chi connectivity index (χ0) is 11.3. The maximum absolute atomic E-state index is 5.53. The van der Waals surface area contributed by atoms with Crippen LogP contribution in [0.15, 0.2) is 35.5 Å². The van der Waals surface area contributed by atoms with Crippen molar-refractivity contribution in [1.82, 2.24) is 0 Å². The second-order valence-electron chi connectivity index (χ2n) is 3.45. The summed E-state index contributed by atoms with van der Waals surface area (Å²) in [7, 11) is 5.77. The number of aliphatic imine (C=N–C) groups is 1. The van der Waals surface area contributed by atoms with Crippen LogP contribution in [0.1, 0.15) is 5.56 Å². The first kappa shape index (κ1) is 11.3. The minimum atomic E-state index is 0.933. The summed E-state index contributed by atoms with van der Waals surface area (Å²) in [6.45, 7) is 0. The van der Waals surface area contributed by atoms with Crippen molar-refractivity contribution in [3.05, 3.63) is 36.0 Å². The van der Waals surface area contributed by atoms with Crippen LogP contribution in [-0.4, -0.2) is 27.4 Å². The van der Waals surface area contributed by atoms with Crippen LogP contribution in [0.2, 0.25) is 0 Å². The highest BCUT2D eigenvalue weighted by atomic mass is 15.1. The van der Waals surface area contributed by atoms with Crippen molar-refractivity contribution in [1.29, 1.82) is 0 Å². The largest absolute Gasteiger partial charge is 0.404 e. The molecule has 0 fully saturated rings. The predicted molar refractivity (Wildman–Crippen MR) is 67.3 cm³/mol. The molecule has 0 aliphatic rings. The number of hydrogen-bond acceptors (Lipinski definition) is 3. The Morgan fingerprint density at radius 1 is 1.27 bits per heavy atom. The normalized spacial score (nSPS) is 12.1. The van der Waals surface area contributed by atoms with Gasteiger partial charge in [0.15, 0.2) is 0 Å². The Balaban J connectivity index is 2.97. The van der Waals surface area contributed by atoms with E-state index >= 15 is 0 Å². The van der Waals surface area contributed by atoms with E-state index in [1.807, 2.05) is 26.2 Å². The average molecular weight is 203 g/mol. The van der Waals surface area contributed by atoms with Crippen molar-refractivity contribution in [3.63, 3.8) is 0 Å². The molecule has 3 heteroatoms. The smallest absolute Gasteiger partial charge is 0.0361 e. The molecule has 0 atom stereocenters. The molecule has 0 aromatic heterocycles. The van der Waals surface area contributed by atoms with Crippen LogP contribution < -0.4 is 10.6 Å². The fraction of sp³-hybridized carbons (Fsp3) is 0.250. The molecule has 0 aliphatic heterocycles. The monoisotopic (exact) mass is 203 g/mol. The van der Waals surface area contributed by atoms with Crippen molar-refractivity contribution in [2.45, 2.75) is 0 Å². The van der Waals surface area contributed by atoms with Gasteiger partial charge in [0.1, 0.15) is 0 Å². The number of allylic oxidation sites excluding steroid dienone is 1. The van der Waals surface area contributed by atoms with E-state index in [1.54, 1.807) is 19.5 Å². The Morgan fingerprint density at radius 2 is 1.87 bits per heavy atom. The van der Waals surface area contributed by atoms with Gasteiger partial charge in [0.25, 0.3) is 0 Å². The Morgan fingerprint density at radius 3 is 2.27 bits per heavy atom. The molecule has 0 radical (unpaired) electrons. The lowest BCUT2D eigenvalue weighted by molar-refractivity contribution is 1.13. The number of rotatable bonds is 3. The Labute approximate surface area is 90.9 Å². The van der Waals surface area contributed by atoms with Crippen molar-refractivity contribution >= 4 is 17.5 Å². The third-order valence-corrected chi connectivity index (χ3v) is 2.16. The van der Waals surface area contributed by atoms with Gasteiger partial charge in [-0.15, -0.1) is 0 Å². The second kappa shape index (κ2) is 5.20. The Hall–Kier alpha value is -1.77. The SMILES string of the molecule is CN=CC(=CN)c1ccc(N(C)C)cc1. The van der Waals surface area contributed by atoms with Crippen molar-refractivity contribution in [2.24, 2.45) is 10.7 Å². The summed E-state index contributed by atoms with van der Waals surface area (Å²) >= 11 is 0. The van der Waals surface area contributed by atoms with E-state index in [-0.39, 0.29) is 0 Å². The van der Waals surface area contributed by atoms with Gasteiger partial charge in [-0.1, -0.05) is 12.1 Å². The summed E-state index contributed by atoms with van der Waals surface area (Å²) in [6, 6.07) is 8.19. The molecule has 2 N–H and O–H groups in total. The summed E-state index contributed by atoms with van der Waals surface area (Å²) in [6.07, 6.45) is 3.32. The highest BCUT2D eigenvalue weighted by Crippen LogP contribution is 2.16. The minimum Gasteiger partial charge on any atom is -0.404 e. The molecule has 1 aromatic carbocycles. The van der Waals surface area contributed by atoms with Crippen LogP contribution in [0.3, 0.4) is 0 Å². The summed E-state index contributed by atoms with van der Waals surface area (Å²) in [5.74, 6) is 0. The standard InChI is InChI=1S/C12H17N3/c1-14-9-11(8-13)10-4-6-12(7-5-10)15(2)3/h4-9H,13H2,1-3H3. The minimum absolute atomic E-state index is 0.933. The molecule has 0 heterocycles. The molecular formula is C12H17N3. The maximum Gasteiger partial charge on any atom is 0.0361 e. The van der Waals surface area contributed by atoms with Gasteiger partial charge < -0.3 is 10.6 Å². The van der Waals surface area contributed by atoms with Gasteiger partial charge in [-0.3, -0.25) is 4.99 Å². The van der Waals surface area contributed by atoms with Gasteiger partial charge in [0.2, 0.25) is 0 Å². The van der Waals surface area contributed by atoms with E-state index in [1.165, 1.54) is 5.69 Å². The first-order valence-corrected chi connectivity index (χ1v) is 4.81. The lowest BCUT2D eigenvalue weighted by Crippen LogP contribution is -2.08. The molecule has 0 spiro atoms. The van der Waals surface area contributed by atoms with E-state index in [9.17, 15) is 0 Å². The third kappa shape index (κ3) is 2.84. The van der Waals surface area contributed by atoms with E-state index in [2.05, 4.69) is 22.0 Å². The molecule has 1 rings (SSSR count). The zero-order valence-corrected chi connectivity index (χ0v) is 9.44. The van der Waals surface area contributed by atoms with Gasteiger partial charge in [-0.25, -0.2) is 0 Å². The summed E-state index contributed by atoms with van der Waals surface area (Å²) < 4.78 is 0.